The number of benzene rings is 1. The third kappa shape index (κ3) is 2.92. The van der Waals surface area contributed by atoms with Crippen LogP contribution >= 0.6 is 0 Å². The second kappa shape index (κ2) is 4.89. The van der Waals surface area contributed by atoms with Crippen molar-refractivity contribution >= 4 is 5.91 Å². The van der Waals surface area contributed by atoms with Gasteiger partial charge in [-0.15, -0.1) is 0 Å². The van der Waals surface area contributed by atoms with E-state index in [2.05, 4.69) is 0 Å². The van der Waals surface area contributed by atoms with E-state index in [1.54, 1.807) is 6.92 Å². The Morgan fingerprint density at radius 2 is 2.05 bits per heavy atom. The van der Waals surface area contributed by atoms with Crippen LogP contribution in [-0.2, 0) is 0 Å². The highest BCUT2D eigenvalue weighted by Gasteiger charge is 2.32. The monoisotopic (exact) mass is 269 g/mol. The Morgan fingerprint density at radius 1 is 1.37 bits per heavy atom. The number of aryl methyl sites for hydroxylation is 1. The summed E-state index contributed by atoms with van der Waals surface area (Å²) in [5.74, 6) is -2.03. The van der Waals surface area contributed by atoms with E-state index < -0.39 is 23.1 Å². The van der Waals surface area contributed by atoms with Crippen LogP contribution in [0, 0.1) is 18.6 Å². The Labute approximate surface area is 110 Å². The average molecular weight is 269 g/mol. The zero-order chi connectivity index (χ0) is 14.2. The molecule has 1 aromatic carbocycles. The number of nitrogens with zero attached hydrogens (tertiary/aromatic N) is 1. The average Bonchev–Trinajstić information content (AvgIpc) is 2.31. The number of hydrogen-bond acceptors (Lipinski definition) is 2. The molecule has 0 spiro atoms. The van der Waals surface area contributed by atoms with Gasteiger partial charge in [0, 0.05) is 19.2 Å². The molecule has 19 heavy (non-hydrogen) atoms. The lowest BCUT2D eigenvalue weighted by molar-refractivity contribution is -0.0109. The largest absolute Gasteiger partial charge is 0.388 e. The van der Waals surface area contributed by atoms with Gasteiger partial charge in [-0.2, -0.15) is 0 Å². The van der Waals surface area contributed by atoms with E-state index in [0.29, 0.717) is 19.4 Å². The van der Waals surface area contributed by atoms with E-state index in [4.69, 9.17) is 0 Å². The Bertz CT molecular complexity index is 514. The van der Waals surface area contributed by atoms with E-state index in [-0.39, 0.29) is 17.7 Å². The zero-order valence-electron chi connectivity index (χ0n) is 11.0. The molecule has 1 N–H and O–H groups in total. The van der Waals surface area contributed by atoms with Gasteiger partial charge >= 0.3 is 0 Å². The zero-order valence-corrected chi connectivity index (χ0v) is 11.0. The van der Waals surface area contributed by atoms with E-state index >= 15 is 0 Å². The Hall–Kier alpha value is -1.49. The molecule has 104 valence electrons. The minimum absolute atomic E-state index is 0.142. The first-order valence-electron chi connectivity index (χ1n) is 6.27. The minimum Gasteiger partial charge on any atom is -0.388 e. The molecule has 5 heteroatoms. The molecule has 0 aliphatic carbocycles. The number of aliphatic hydroxyl groups is 1. The molecule has 1 fully saturated rings. The summed E-state index contributed by atoms with van der Waals surface area (Å²) in [6.45, 7) is 3.78. The van der Waals surface area contributed by atoms with Crippen LogP contribution in [0.3, 0.4) is 0 Å². The van der Waals surface area contributed by atoms with Gasteiger partial charge in [0.1, 0.15) is 11.6 Å². The highest BCUT2D eigenvalue weighted by atomic mass is 19.1. The number of likely N-dealkylation sites (tertiary alicyclic amines) is 1. The number of halogens is 2. The van der Waals surface area contributed by atoms with Gasteiger partial charge in [-0.3, -0.25) is 4.79 Å². The van der Waals surface area contributed by atoms with Gasteiger partial charge in [-0.05, 0) is 38.3 Å². The molecule has 3 nitrogen and oxygen atoms in total. The quantitative estimate of drug-likeness (QED) is 0.849. The van der Waals surface area contributed by atoms with Crippen LogP contribution in [-0.4, -0.2) is 34.6 Å². The molecule has 0 radical (unpaired) electrons. The van der Waals surface area contributed by atoms with Crippen LogP contribution in [0.4, 0.5) is 8.78 Å². The number of carbonyl (C=O) groups excluding carboxylic acids is 1. The lowest BCUT2D eigenvalue weighted by Crippen LogP contribution is -2.48. The van der Waals surface area contributed by atoms with Crippen molar-refractivity contribution in [2.24, 2.45) is 0 Å². The number of hydrogen-bond donors (Lipinski definition) is 1. The number of β-amino-alcohol motifs (C(OH)–C–C–N with tert-alkyl or cyclic N) is 1. The summed E-state index contributed by atoms with van der Waals surface area (Å²) < 4.78 is 26.9. The molecule has 0 saturated carbocycles. The van der Waals surface area contributed by atoms with E-state index in [1.165, 1.54) is 17.9 Å². The SMILES string of the molecule is Cc1cc(C(=O)N2CCCC(C)(O)C2)c(F)cc1F. The number of rotatable bonds is 1. The van der Waals surface area contributed by atoms with E-state index in [0.717, 1.165) is 6.07 Å². The Balaban J connectivity index is 2.27. The van der Waals surface area contributed by atoms with E-state index in [9.17, 15) is 18.7 Å². The lowest BCUT2D eigenvalue weighted by Gasteiger charge is -2.36. The van der Waals surface area contributed by atoms with Gasteiger partial charge < -0.3 is 10.0 Å². The highest BCUT2D eigenvalue weighted by Crippen LogP contribution is 2.23. The summed E-state index contributed by atoms with van der Waals surface area (Å²) in [6, 6.07) is 1.95. The summed E-state index contributed by atoms with van der Waals surface area (Å²) in [5.41, 5.74) is -0.857. The molecule has 1 atom stereocenters. The van der Waals surface area contributed by atoms with Crippen molar-refractivity contribution in [2.75, 3.05) is 13.1 Å². The smallest absolute Gasteiger partial charge is 0.256 e. The fourth-order valence-electron chi connectivity index (χ4n) is 2.38. The molecular weight excluding hydrogens is 252 g/mol. The number of amides is 1. The van der Waals surface area contributed by atoms with Crippen LogP contribution in [0.1, 0.15) is 35.7 Å². The van der Waals surface area contributed by atoms with Gasteiger partial charge in [0.2, 0.25) is 0 Å². The molecule has 1 amide bonds. The van der Waals surface area contributed by atoms with Crippen molar-refractivity contribution in [3.63, 3.8) is 0 Å². The predicted molar refractivity (Wildman–Crippen MR) is 66.9 cm³/mol. The van der Waals surface area contributed by atoms with Crippen LogP contribution in [0.5, 0.6) is 0 Å². The van der Waals surface area contributed by atoms with Gasteiger partial charge in [-0.1, -0.05) is 0 Å². The van der Waals surface area contributed by atoms with Crippen LogP contribution in [0.15, 0.2) is 12.1 Å². The molecule has 2 rings (SSSR count). The maximum atomic E-state index is 13.7. The van der Waals surface area contributed by atoms with Crippen LogP contribution in [0.2, 0.25) is 0 Å². The first-order valence-corrected chi connectivity index (χ1v) is 6.27. The predicted octanol–water partition coefficient (Wildman–Crippen LogP) is 2.26. The van der Waals surface area contributed by atoms with Gasteiger partial charge in [0.25, 0.3) is 5.91 Å². The second-order valence-corrected chi connectivity index (χ2v) is 5.41. The maximum absolute atomic E-state index is 13.7. The van der Waals surface area contributed by atoms with Crippen molar-refractivity contribution in [3.05, 3.63) is 34.9 Å². The fraction of sp³-hybridized carbons (Fsp3) is 0.500. The van der Waals surface area contributed by atoms with Crippen molar-refractivity contribution in [1.29, 1.82) is 0 Å². The van der Waals surface area contributed by atoms with E-state index in [1.807, 2.05) is 0 Å². The molecule has 1 saturated heterocycles. The third-order valence-corrected chi connectivity index (χ3v) is 3.44. The van der Waals surface area contributed by atoms with Gasteiger partial charge in [0.15, 0.2) is 0 Å². The van der Waals surface area contributed by atoms with Crippen LogP contribution in [0.25, 0.3) is 0 Å². The summed E-state index contributed by atoms with van der Waals surface area (Å²) in [6.07, 6.45) is 1.28. The normalized spacial score (nSPS) is 23.5. The number of carbonyl (C=O) groups is 1. The molecule has 1 aromatic rings. The van der Waals surface area contributed by atoms with Crippen molar-refractivity contribution in [1.82, 2.24) is 4.90 Å². The van der Waals surface area contributed by atoms with Crippen molar-refractivity contribution in [2.45, 2.75) is 32.3 Å². The molecule has 1 unspecified atom stereocenters. The summed E-state index contributed by atoms with van der Waals surface area (Å²) in [7, 11) is 0. The lowest BCUT2D eigenvalue weighted by atomic mass is 9.94. The molecule has 1 aliphatic rings. The summed E-state index contributed by atoms with van der Waals surface area (Å²) >= 11 is 0. The standard InChI is InChI=1S/C14H17F2NO2/c1-9-6-10(12(16)7-11(9)15)13(18)17-5-3-4-14(2,19)8-17/h6-7,19H,3-5,8H2,1-2H3. The molecular formula is C14H17F2NO2. The number of piperidine rings is 1. The molecule has 1 heterocycles. The first-order chi connectivity index (χ1) is 8.80. The molecule has 0 bridgehead atoms. The maximum Gasteiger partial charge on any atom is 0.256 e. The molecule has 1 aliphatic heterocycles. The van der Waals surface area contributed by atoms with Gasteiger partial charge in [0.05, 0.1) is 11.2 Å². The second-order valence-electron chi connectivity index (χ2n) is 5.41. The topological polar surface area (TPSA) is 40.5 Å². The summed E-state index contributed by atoms with van der Waals surface area (Å²) in [5, 5.41) is 9.96. The fourth-order valence-corrected chi connectivity index (χ4v) is 2.38. The minimum atomic E-state index is -0.945. The third-order valence-electron chi connectivity index (χ3n) is 3.44. The first kappa shape index (κ1) is 13.9. The van der Waals surface area contributed by atoms with Crippen molar-refractivity contribution in [3.8, 4) is 0 Å². The molecule has 0 aromatic heterocycles. The Morgan fingerprint density at radius 3 is 2.68 bits per heavy atom. The van der Waals surface area contributed by atoms with Crippen molar-refractivity contribution < 1.29 is 18.7 Å². The van der Waals surface area contributed by atoms with Gasteiger partial charge in [-0.25, -0.2) is 8.78 Å². The Kier molecular flexibility index (Phi) is 3.58. The summed E-state index contributed by atoms with van der Waals surface area (Å²) in [4.78, 5) is 13.6. The highest BCUT2D eigenvalue weighted by molar-refractivity contribution is 5.94. The van der Waals surface area contributed by atoms with Crippen LogP contribution < -0.4 is 0 Å².